The molecule has 1 amide bonds. The highest BCUT2D eigenvalue weighted by atomic mass is 19.1. The summed E-state index contributed by atoms with van der Waals surface area (Å²) in [5, 5.41) is 2.63. The van der Waals surface area contributed by atoms with Crippen LogP contribution >= 0.6 is 0 Å². The van der Waals surface area contributed by atoms with Gasteiger partial charge in [-0.25, -0.2) is 4.39 Å². The summed E-state index contributed by atoms with van der Waals surface area (Å²) in [6.07, 6.45) is 0. The van der Waals surface area contributed by atoms with Crippen LogP contribution in [0.4, 0.5) is 10.1 Å². The Morgan fingerprint density at radius 2 is 1.74 bits per heavy atom. The molecule has 0 saturated heterocycles. The van der Waals surface area contributed by atoms with Crippen molar-refractivity contribution in [3.63, 3.8) is 0 Å². The Bertz CT molecular complexity index is 722. The number of anilines is 1. The molecule has 0 aliphatic heterocycles. The molecule has 0 bridgehead atoms. The summed E-state index contributed by atoms with van der Waals surface area (Å²) < 4.78 is 13.3. The van der Waals surface area contributed by atoms with Crippen molar-refractivity contribution in [3.8, 4) is 11.1 Å². The number of hydrogen-bond donors (Lipinski definition) is 1. The molecule has 1 aliphatic carbocycles. The number of carbonyl (C=O) groups excluding carboxylic acids is 2. The lowest BCUT2D eigenvalue weighted by molar-refractivity contribution is -0.114. The Morgan fingerprint density at radius 3 is 2.47 bits per heavy atom. The molecule has 0 saturated carbocycles. The third-order valence-electron chi connectivity index (χ3n) is 3.10. The Labute approximate surface area is 109 Å². The maximum Gasteiger partial charge on any atom is 0.221 e. The monoisotopic (exact) mass is 255 g/mol. The van der Waals surface area contributed by atoms with Gasteiger partial charge in [0.15, 0.2) is 5.78 Å². The average Bonchev–Trinajstić information content (AvgIpc) is 2.62. The summed E-state index contributed by atoms with van der Waals surface area (Å²) in [6, 6.07) is 9.17. The van der Waals surface area contributed by atoms with Crippen LogP contribution in [0.15, 0.2) is 36.4 Å². The maximum atomic E-state index is 13.3. The van der Waals surface area contributed by atoms with Gasteiger partial charge < -0.3 is 5.32 Å². The van der Waals surface area contributed by atoms with Crippen LogP contribution in [0.1, 0.15) is 22.8 Å². The van der Waals surface area contributed by atoms with Gasteiger partial charge in [0, 0.05) is 23.7 Å². The Kier molecular flexibility index (Phi) is 2.45. The second-order valence-electron chi connectivity index (χ2n) is 4.46. The number of nitrogens with one attached hydrogen (secondary N) is 1. The summed E-state index contributed by atoms with van der Waals surface area (Å²) >= 11 is 0. The smallest absolute Gasteiger partial charge is 0.221 e. The first-order valence-corrected chi connectivity index (χ1v) is 5.82. The molecule has 2 aromatic carbocycles. The standard InChI is InChI=1S/C15H10FNO2/c1-8(18)17-10-3-5-11-13-6-9(16)2-4-12(13)15(19)14(11)7-10/h2-7H,1H3,(H,17,18). The van der Waals surface area contributed by atoms with E-state index < -0.39 is 0 Å². The molecule has 0 radical (unpaired) electrons. The van der Waals surface area contributed by atoms with Crippen molar-refractivity contribution < 1.29 is 14.0 Å². The lowest BCUT2D eigenvalue weighted by Crippen LogP contribution is -2.06. The molecule has 0 spiro atoms. The van der Waals surface area contributed by atoms with E-state index in [2.05, 4.69) is 5.32 Å². The van der Waals surface area contributed by atoms with Crippen molar-refractivity contribution >= 4 is 17.4 Å². The van der Waals surface area contributed by atoms with Gasteiger partial charge in [0.2, 0.25) is 5.91 Å². The number of benzene rings is 2. The molecule has 94 valence electrons. The first-order valence-electron chi connectivity index (χ1n) is 5.82. The molecular formula is C15H10FNO2. The SMILES string of the molecule is CC(=O)Nc1ccc2c(c1)C(=O)c1ccc(F)cc1-2. The van der Waals surface area contributed by atoms with E-state index in [1.54, 1.807) is 18.2 Å². The molecule has 3 rings (SSSR count). The van der Waals surface area contributed by atoms with Gasteiger partial charge in [0.1, 0.15) is 5.82 Å². The highest BCUT2D eigenvalue weighted by Crippen LogP contribution is 2.38. The lowest BCUT2D eigenvalue weighted by atomic mass is 10.1. The van der Waals surface area contributed by atoms with Gasteiger partial charge in [-0.1, -0.05) is 6.07 Å². The number of amides is 1. The van der Waals surface area contributed by atoms with Crippen LogP contribution < -0.4 is 5.32 Å². The van der Waals surface area contributed by atoms with Crippen LogP contribution in [-0.4, -0.2) is 11.7 Å². The van der Waals surface area contributed by atoms with E-state index in [9.17, 15) is 14.0 Å². The molecular weight excluding hydrogens is 245 g/mol. The van der Waals surface area contributed by atoms with Crippen molar-refractivity contribution in [2.24, 2.45) is 0 Å². The van der Waals surface area contributed by atoms with E-state index in [4.69, 9.17) is 0 Å². The third-order valence-corrected chi connectivity index (χ3v) is 3.10. The van der Waals surface area contributed by atoms with Crippen molar-refractivity contribution in [1.29, 1.82) is 0 Å². The van der Waals surface area contributed by atoms with E-state index in [0.717, 1.165) is 0 Å². The number of halogens is 1. The average molecular weight is 255 g/mol. The van der Waals surface area contributed by atoms with Crippen molar-refractivity contribution in [2.75, 3.05) is 5.32 Å². The molecule has 0 atom stereocenters. The van der Waals surface area contributed by atoms with Crippen molar-refractivity contribution in [1.82, 2.24) is 0 Å². The van der Waals surface area contributed by atoms with Crippen LogP contribution in [0.3, 0.4) is 0 Å². The fourth-order valence-corrected chi connectivity index (χ4v) is 2.33. The number of rotatable bonds is 1. The second kappa shape index (κ2) is 4.02. The van der Waals surface area contributed by atoms with Crippen molar-refractivity contribution in [3.05, 3.63) is 53.3 Å². The summed E-state index contributed by atoms with van der Waals surface area (Å²) in [4.78, 5) is 23.2. The fraction of sp³-hybridized carbons (Fsp3) is 0.0667. The van der Waals surface area contributed by atoms with Gasteiger partial charge in [-0.05, 0) is 41.5 Å². The minimum absolute atomic E-state index is 0.141. The molecule has 0 fully saturated rings. The predicted octanol–water partition coefficient (Wildman–Crippen LogP) is 3.00. The minimum Gasteiger partial charge on any atom is -0.326 e. The van der Waals surface area contributed by atoms with E-state index in [0.29, 0.717) is 27.9 Å². The number of carbonyl (C=O) groups is 2. The van der Waals surface area contributed by atoms with Gasteiger partial charge >= 0.3 is 0 Å². The molecule has 19 heavy (non-hydrogen) atoms. The topological polar surface area (TPSA) is 46.2 Å². The van der Waals surface area contributed by atoms with Crippen LogP contribution in [-0.2, 0) is 4.79 Å². The van der Waals surface area contributed by atoms with Gasteiger partial charge in [-0.2, -0.15) is 0 Å². The molecule has 3 nitrogen and oxygen atoms in total. The zero-order chi connectivity index (χ0) is 13.6. The minimum atomic E-state index is -0.370. The van der Waals surface area contributed by atoms with E-state index in [1.807, 2.05) is 0 Å². The lowest BCUT2D eigenvalue weighted by Gasteiger charge is -2.04. The third kappa shape index (κ3) is 1.81. The van der Waals surface area contributed by atoms with Crippen LogP contribution in [0.5, 0.6) is 0 Å². The van der Waals surface area contributed by atoms with Gasteiger partial charge in [-0.15, -0.1) is 0 Å². The molecule has 1 N–H and O–H groups in total. The number of fused-ring (bicyclic) bond motifs is 3. The number of hydrogen-bond acceptors (Lipinski definition) is 2. The predicted molar refractivity (Wildman–Crippen MR) is 69.6 cm³/mol. The summed E-state index contributed by atoms with van der Waals surface area (Å²) in [6.45, 7) is 1.40. The Balaban J connectivity index is 2.15. The highest BCUT2D eigenvalue weighted by molar-refractivity contribution is 6.22. The maximum absolute atomic E-state index is 13.3. The molecule has 4 heteroatoms. The van der Waals surface area contributed by atoms with Crippen LogP contribution in [0.2, 0.25) is 0 Å². The van der Waals surface area contributed by atoms with Gasteiger partial charge in [0.05, 0.1) is 0 Å². The van der Waals surface area contributed by atoms with Crippen molar-refractivity contribution in [2.45, 2.75) is 6.92 Å². The molecule has 2 aromatic rings. The van der Waals surface area contributed by atoms with E-state index in [-0.39, 0.29) is 17.5 Å². The fourth-order valence-electron chi connectivity index (χ4n) is 2.33. The second-order valence-corrected chi connectivity index (χ2v) is 4.46. The molecule has 1 aliphatic rings. The van der Waals surface area contributed by atoms with E-state index >= 15 is 0 Å². The summed E-state index contributed by atoms with van der Waals surface area (Å²) in [5.41, 5.74) is 2.86. The van der Waals surface area contributed by atoms with Gasteiger partial charge in [-0.3, -0.25) is 9.59 Å². The summed E-state index contributed by atoms with van der Waals surface area (Å²) in [5.74, 6) is -0.712. The molecule has 0 heterocycles. The molecule has 0 unspecified atom stereocenters. The normalized spacial score (nSPS) is 12.0. The first kappa shape index (κ1) is 11.6. The summed E-state index contributed by atoms with van der Waals surface area (Å²) in [7, 11) is 0. The van der Waals surface area contributed by atoms with E-state index in [1.165, 1.54) is 25.1 Å². The quantitative estimate of drug-likeness (QED) is 0.726. The zero-order valence-corrected chi connectivity index (χ0v) is 10.2. The first-order chi connectivity index (χ1) is 9.06. The Morgan fingerprint density at radius 1 is 1.00 bits per heavy atom. The van der Waals surface area contributed by atoms with Gasteiger partial charge in [0.25, 0.3) is 0 Å². The zero-order valence-electron chi connectivity index (χ0n) is 10.2. The largest absolute Gasteiger partial charge is 0.326 e. The Hall–Kier alpha value is -2.49. The van der Waals surface area contributed by atoms with Crippen LogP contribution in [0, 0.1) is 5.82 Å². The number of ketones is 1. The highest BCUT2D eigenvalue weighted by Gasteiger charge is 2.27. The molecule has 0 aromatic heterocycles. The van der Waals surface area contributed by atoms with Crippen LogP contribution in [0.25, 0.3) is 11.1 Å².